The Kier molecular flexibility index (Phi) is 6.01. The Morgan fingerprint density at radius 2 is 1.96 bits per heavy atom. The summed E-state index contributed by atoms with van der Waals surface area (Å²) in [7, 11) is 3.20. The number of primary amides is 1. The van der Waals surface area contributed by atoms with E-state index in [1.165, 1.54) is 11.3 Å². The lowest BCUT2D eigenvalue weighted by Gasteiger charge is -2.24. The Bertz CT molecular complexity index is 833. The minimum atomic E-state index is -0.421. The van der Waals surface area contributed by atoms with Gasteiger partial charge in [0.1, 0.15) is 0 Å². The van der Waals surface area contributed by atoms with E-state index in [2.05, 4.69) is 0 Å². The molecule has 1 aliphatic heterocycles. The smallest absolute Gasteiger partial charge is 0.258 e. The third-order valence-corrected chi connectivity index (χ3v) is 6.05. The summed E-state index contributed by atoms with van der Waals surface area (Å²) >= 11 is 1.38. The molecule has 1 aromatic heterocycles. The van der Waals surface area contributed by atoms with Gasteiger partial charge in [-0.25, -0.2) is 0 Å². The molecule has 0 spiro atoms. The number of hydrogen-bond donors (Lipinski definition) is 1. The van der Waals surface area contributed by atoms with Crippen molar-refractivity contribution in [3.8, 4) is 11.5 Å². The van der Waals surface area contributed by atoms with Crippen molar-refractivity contribution >= 4 is 23.2 Å². The van der Waals surface area contributed by atoms with Gasteiger partial charge in [0.05, 0.1) is 25.1 Å². The molecule has 1 atom stereocenters. The molecule has 144 valence electrons. The fraction of sp³-hybridized carbons (Fsp3) is 0.400. The van der Waals surface area contributed by atoms with E-state index in [1.54, 1.807) is 20.3 Å². The Balaban J connectivity index is 1.65. The van der Waals surface area contributed by atoms with Crippen LogP contribution in [0.2, 0.25) is 0 Å². The third kappa shape index (κ3) is 4.24. The SMILES string of the molecule is COc1ccc(CCC(=O)N2CCC[C@@H]2c2ccc(C(N)=O)s2)cc1OC. The van der Waals surface area contributed by atoms with E-state index in [0.717, 1.165) is 29.8 Å². The summed E-state index contributed by atoms with van der Waals surface area (Å²) in [5.74, 6) is 1.05. The summed E-state index contributed by atoms with van der Waals surface area (Å²) in [6.07, 6.45) is 2.96. The first-order valence-electron chi connectivity index (χ1n) is 8.93. The van der Waals surface area contributed by atoms with Gasteiger partial charge in [-0.15, -0.1) is 11.3 Å². The highest BCUT2D eigenvalue weighted by molar-refractivity contribution is 7.14. The van der Waals surface area contributed by atoms with E-state index in [4.69, 9.17) is 15.2 Å². The van der Waals surface area contributed by atoms with E-state index >= 15 is 0 Å². The van der Waals surface area contributed by atoms with Crippen LogP contribution in [0.1, 0.15) is 45.4 Å². The van der Waals surface area contributed by atoms with Crippen molar-refractivity contribution in [2.24, 2.45) is 5.73 Å². The number of nitrogens with two attached hydrogens (primary N) is 1. The summed E-state index contributed by atoms with van der Waals surface area (Å²) in [4.78, 5) is 27.6. The van der Waals surface area contributed by atoms with E-state index in [9.17, 15) is 9.59 Å². The molecule has 0 radical (unpaired) electrons. The Morgan fingerprint density at radius 3 is 2.63 bits per heavy atom. The molecule has 2 aromatic rings. The summed E-state index contributed by atoms with van der Waals surface area (Å²) in [5, 5.41) is 0. The normalized spacial score (nSPS) is 16.4. The molecule has 27 heavy (non-hydrogen) atoms. The molecule has 3 rings (SSSR count). The first-order chi connectivity index (χ1) is 13.0. The molecule has 2 amide bonds. The number of methoxy groups -OCH3 is 2. The van der Waals surface area contributed by atoms with Crippen molar-refractivity contribution in [3.05, 3.63) is 45.6 Å². The van der Waals surface area contributed by atoms with Crippen molar-refractivity contribution in [2.75, 3.05) is 20.8 Å². The van der Waals surface area contributed by atoms with Crippen molar-refractivity contribution < 1.29 is 19.1 Å². The monoisotopic (exact) mass is 388 g/mol. The van der Waals surface area contributed by atoms with E-state index in [1.807, 2.05) is 29.2 Å². The van der Waals surface area contributed by atoms with Crippen LogP contribution in [-0.2, 0) is 11.2 Å². The summed E-state index contributed by atoms with van der Waals surface area (Å²) < 4.78 is 10.6. The number of nitrogens with zero attached hydrogens (tertiary/aromatic N) is 1. The first-order valence-corrected chi connectivity index (χ1v) is 9.75. The average molecular weight is 388 g/mol. The van der Waals surface area contributed by atoms with Crippen molar-refractivity contribution in [1.29, 1.82) is 0 Å². The van der Waals surface area contributed by atoms with Gasteiger partial charge in [-0.2, -0.15) is 0 Å². The highest BCUT2D eigenvalue weighted by Crippen LogP contribution is 2.36. The zero-order chi connectivity index (χ0) is 19.4. The van der Waals surface area contributed by atoms with Gasteiger partial charge in [-0.05, 0) is 49.1 Å². The number of benzene rings is 1. The second-order valence-corrected chi connectivity index (χ2v) is 7.62. The third-order valence-electron chi connectivity index (χ3n) is 4.85. The fourth-order valence-corrected chi connectivity index (χ4v) is 4.46. The summed E-state index contributed by atoms with van der Waals surface area (Å²) in [6, 6.07) is 9.41. The number of hydrogen-bond acceptors (Lipinski definition) is 5. The van der Waals surface area contributed by atoms with Crippen molar-refractivity contribution in [2.45, 2.75) is 31.7 Å². The molecular weight excluding hydrogens is 364 g/mol. The van der Waals surface area contributed by atoms with Crippen LogP contribution in [0.3, 0.4) is 0 Å². The molecule has 1 aliphatic rings. The van der Waals surface area contributed by atoms with Gasteiger partial charge in [0.2, 0.25) is 5.91 Å². The lowest BCUT2D eigenvalue weighted by molar-refractivity contribution is -0.132. The zero-order valence-corrected chi connectivity index (χ0v) is 16.4. The second kappa shape index (κ2) is 8.43. The second-order valence-electron chi connectivity index (χ2n) is 6.50. The molecule has 1 fully saturated rings. The van der Waals surface area contributed by atoms with Gasteiger partial charge in [-0.1, -0.05) is 6.07 Å². The number of ether oxygens (including phenoxy) is 2. The lowest BCUT2D eigenvalue weighted by atomic mass is 10.1. The quantitative estimate of drug-likeness (QED) is 0.790. The average Bonchev–Trinajstić information content (AvgIpc) is 3.34. The number of thiophene rings is 1. The van der Waals surface area contributed by atoms with Gasteiger partial charge >= 0.3 is 0 Å². The number of amides is 2. The van der Waals surface area contributed by atoms with Crippen LogP contribution in [0.25, 0.3) is 0 Å². The largest absolute Gasteiger partial charge is 0.493 e. The molecule has 0 unspecified atom stereocenters. The predicted molar refractivity (Wildman–Crippen MR) is 104 cm³/mol. The maximum absolute atomic E-state index is 12.8. The first kappa shape index (κ1) is 19.2. The topological polar surface area (TPSA) is 81.9 Å². The standard InChI is InChI=1S/C20H24N2O4S/c1-25-15-7-5-13(12-16(15)26-2)6-10-19(23)22-11-3-4-14(22)17-8-9-18(27-17)20(21)24/h5,7-9,12,14H,3-4,6,10-11H2,1-2H3,(H2,21,24)/t14-/m1/s1. The van der Waals surface area contributed by atoms with Crippen molar-refractivity contribution in [1.82, 2.24) is 4.90 Å². The van der Waals surface area contributed by atoms with Gasteiger partial charge in [0, 0.05) is 17.8 Å². The van der Waals surface area contributed by atoms with Crippen LogP contribution in [0.4, 0.5) is 0 Å². The zero-order valence-electron chi connectivity index (χ0n) is 15.6. The minimum absolute atomic E-state index is 0.0426. The van der Waals surface area contributed by atoms with Gasteiger partial charge in [0.15, 0.2) is 11.5 Å². The summed E-state index contributed by atoms with van der Waals surface area (Å²) in [5.41, 5.74) is 6.38. The number of carbonyl (C=O) groups is 2. The van der Waals surface area contributed by atoms with E-state index in [0.29, 0.717) is 29.2 Å². The number of aryl methyl sites for hydroxylation is 1. The molecule has 1 aromatic carbocycles. The maximum atomic E-state index is 12.8. The van der Waals surface area contributed by atoms with E-state index in [-0.39, 0.29) is 11.9 Å². The van der Waals surface area contributed by atoms with Gasteiger partial charge in [0.25, 0.3) is 5.91 Å². The Labute approximate surface area is 162 Å². The summed E-state index contributed by atoms with van der Waals surface area (Å²) in [6.45, 7) is 0.749. The van der Waals surface area contributed by atoms with Gasteiger partial charge < -0.3 is 20.1 Å². The molecule has 1 saturated heterocycles. The van der Waals surface area contributed by atoms with Crippen molar-refractivity contribution in [3.63, 3.8) is 0 Å². The van der Waals surface area contributed by atoms with Crippen LogP contribution in [0.5, 0.6) is 11.5 Å². The van der Waals surface area contributed by atoms with Crippen LogP contribution >= 0.6 is 11.3 Å². The molecule has 7 heteroatoms. The van der Waals surface area contributed by atoms with Gasteiger partial charge in [-0.3, -0.25) is 9.59 Å². The van der Waals surface area contributed by atoms with E-state index < -0.39 is 5.91 Å². The minimum Gasteiger partial charge on any atom is -0.493 e. The van der Waals surface area contributed by atoms with Crippen LogP contribution < -0.4 is 15.2 Å². The highest BCUT2D eigenvalue weighted by atomic mass is 32.1. The number of likely N-dealkylation sites (tertiary alicyclic amines) is 1. The Hall–Kier alpha value is -2.54. The number of carbonyl (C=O) groups excluding carboxylic acids is 2. The fourth-order valence-electron chi connectivity index (χ4n) is 3.46. The molecular formula is C20H24N2O4S. The molecule has 2 heterocycles. The highest BCUT2D eigenvalue weighted by Gasteiger charge is 2.30. The molecule has 0 saturated carbocycles. The molecule has 0 bridgehead atoms. The maximum Gasteiger partial charge on any atom is 0.258 e. The molecule has 0 aliphatic carbocycles. The van der Waals surface area contributed by atoms with Crippen LogP contribution in [0.15, 0.2) is 30.3 Å². The van der Waals surface area contributed by atoms with Crippen LogP contribution in [0, 0.1) is 0 Å². The molecule has 2 N–H and O–H groups in total. The van der Waals surface area contributed by atoms with Crippen LogP contribution in [-0.4, -0.2) is 37.5 Å². The Morgan fingerprint density at radius 1 is 1.19 bits per heavy atom. The number of rotatable bonds is 7. The molecule has 6 nitrogen and oxygen atoms in total. The lowest BCUT2D eigenvalue weighted by Crippen LogP contribution is -2.30. The predicted octanol–water partition coefficient (Wildman–Crippen LogP) is 3.16.